The third-order valence-electron chi connectivity index (χ3n) is 5.01. The van der Waals surface area contributed by atoms with Crippen LogP contribution in [-0.2, 0) is 14.4 Å². The first-order valence-electron chi connectivity index (χ1n) is 8.43. The normalized spacial score (nSPS) is 22.9. The summed E-state index contributed by atoms with van der Waals surface area (Å²) >= 11 is 0. The SMILES string of the molecule is COc1ccc([C@H](CC(=O)O)N2C(=O)[C@@H]3CC=CC[C@H]3C2=O)cc1OC. The lowest BCUT2D eigenvalue weighted by Gasteiger charge is -2.26. The molecule has 0 bridgehead atoms. The second-order valence-electron chi connectivity index (χ2n) is 6.43. The zero-order valence-electron chi connectivity index (χ0n) is 14.7. The van der Waals surface area contributed by atoms with Gasteiger partial charge < -0.3 is 14.6 Å². The summed E-state index contributed by atoms with van der Waals surface area (Å²) in [5.41, 5.74) is 0.526. The Morgan fingerprint density at radius 2 is 1.69 bits per heavy atom. The molecule has 3 atom stereocenters. The molecule has 138 valence electrons. The Morgan fingerprint density at radius 3 is 2.19 bits per heavy atom. The van der Waals surface area contributed by atoms with Crippen molar-refractivity contribution in [3.8, 4) is 11.5 Å². The van der Waals surface area contributed by atoms with Gasteiger partial charge in [0.2, 0.25) is 11.8 Å². The molecule has 7 nitrogen and oxygen atoms in total. The van der Waals surface area contributed by atoms with Gasteiger partial charge in [0.1, 0.15) is 0 Å². The van der Waals surface area contributed by atoms with E-state index in [1.807, 2.05) is 12.2 Å². The molecule has 1 saturated heterocycles. The molecule has 1 heterocycles. The van der Waals surface area contributed by atoms with Gasteiger partial charge in [0.05, 0.1) is 38.5 Å². The number of rotatable bonds is 6. The second kappa shape index (κ2) is 7.19. The number of hydrogen-bond donors (Lipinski definition) is 1. The summed E-state index contributed by atoms with van der Waals surface area (Å²) in [5.74, 6) is -1.58. The number of hydrogen-bond acceptors (Lipinski definition) is 5. The number of amides is 2. The van der Waals surface area contributed by atoms with Gasteiger partial charge >= 0.3 is 5.97 Å². The van der Waals surface area contributed by atoms with Crippen LogP contribution in [0.5, 0.6) is 11.5 Å². The smallest absolute Gasteiger partial charge is 0.305 e. The second-order valence-corrected chi connectivity index (χ2v) is 6.43. The predicted octanol–water partition coefficient (Wildman–Crippen LogP) is 2.17. The van der Waals surface area contributed by atoms with Gasteiger partial charge in [-0.15, -0.1) is 0 Å². The zero-order valence-corrected chi connectivity index (χ0v) is 14.7. The molecule has 0 unspecified atom stereocenters. The van der Waals surface area contributed by atoms with E-state index in [1.54, 1.807) is 18.2 Å². The highest BCUT2D eigenvalue weighted by Crippen LogP contribution is 2.41. The van der Waals surface area contributed by atoms with Gasteiger partial charge in [0, 0.05) is 0 Å². The number of likely N-dealkylation sites (tertiary alicyclic amines) is 1. The van der Waals surface area contributed by atoms with Crippen LogP contribution in [-0.4, -0.2) is 42.0 Å². The average molecular weight is 359 g/mol. The number of allylic oxidation sites excluding steroid dienone is 2. The van der Waals surface area contributed by atoms with Gasteiger partial charge in [-0.2, -0.15) is 0 Å². The molecule has 1 fully saturated rings. The Labute approximate surface area is 151 Å². The van der Waals surface area contributed by atoms with Crippen LogP contribution in [0.2, 0.25) is 0 Å². The van der Waals surface area contributed by atoms with Crippen molar-refractivity contribution in [1.82, 2.24) is 4.90 Å². The Morgan fingerprint density at radius 1 is 1.12 bits per heavy atom. The van der Waals surface area contributed by atoms with Gasteiger partial charge in [0.15, 0.2) is 11.5 Å². The van der Waals surface area contributed by atoms with Crippen molar-refractivity contribution in [2.75, 3.05) is 14.2 Å². The number of imide groups is 1. The molecule has 1 aliphatic carbocycles. The standard InChI is InChI=1S/C19H21NO6/c1-25-15-8-7-11(9-16(15)26-2)14(10-17(21)22)20-18(23)12-5-3-4-6-13(12)19(20)24/h3-4,7-9,12-14H,5-6,10H2,1-2H3,(H,21,22)/t12-,13-,14+/m1/s1. The first-order valence-corrected chi connectivity index (χ1v) is 8.43. The highest BCUT2D eigenvalue weighted by atomic mass is 16.5. The molecule has 0 spiro atoms. The molecule has 1 N–H and O–H groups in total. The fourth-order valence-electron chi connectivity index (χ4n) is 3.72. The minimum atomic E-state index is -1.08. The molecule has 1 aliphatic heterocycles. The minimum absolute atomic E-state index is 0.301. The molecule has 3 rings (SSSR count). The summed E-state index contributed by atoms with van der Waals surface area (Å²) in [7, 11) is 2.97. The number of methoxy groups -OCH3 is 2. The maximum atomic E-state index is 12.8. The zero-order chi connectivity index (χ0) is 18.8. The van der Waals surface area contributed by atoms with Crippen LogP contribution in [0.4, 0.5) is 0 Å². The van der Waals surface area contributed by atoms with Crippen molar-refractivity contribution in [1.29, 1.82) is 0 Å². The molecule has 7 heteroatoms. The van der Waals surface area contributed by atoms with Gasteiger partial charge in [-0.25, -0.2) is 0 Å². The number of fused-ring (bicyclic) bond motifs is 1. The maximum absolute atomic E-state index is 12.8. The lowest BCUT2D eigenvalue weighted by atomic mass is 9.85. The van der Waals surface area contributed by atoms with Crippen LogP contribution in [0.25, 0.3) is 0 Å². The van der Waals surface area contributed by atoms with E-state index >= 15 is 0 Å². The van der Waals surface area contributed by atoms with E-state index in [0.717, 1.165) is 4.90 Å². The Kier molecular flexibility index (Phi) is 4.97. The minimum Gasteiger partial charge on any atom is -0.493 e. The van der Waals surface area contributed by atoms with Crippen molar-refractivity contribution in [3.63, 3.8) is 0 Å². The van der Waals surface area contributed by atoms with Gasteiger partial charge in [0.25, 0.3) is 0 Å². The van der Waals surface area contributed by atoms with Crippen LogP contribution in [0.3, 0.4) is 0 Å². The molecule has 1 aromatic rings. The van der Waals surface area contributed by atoms with E-state index in [4.69, 9.17) is 9.47 Å². The monoisotopic (exact) mass is 359 g/mol. The van der Waals surface area contributed by atoms with Crippen LogP contribution >= 0.6 is 0 Å². The molecule has 1 aromatic carbocycles. The fraction of sp³-hybridized carbons (Fsp3) is 0.421. The molecule has 0 aromatic heterocycles. The van der Waals surface area contributed by atoms with Gasteiger partial charge in [-0.1, -0.05) is 18.2 Å². The summed E-state index contributed by atoms with van der Waals surface area (Å²) in [4.78, 5) is 38.3. The van der Waals surface area contributed by atoms with E-state index in [-0.39, 0.29) is 18.2 Å². The summed E-state index contributed by atoms with van der Waals surface area (Å²) < 4.78 is 10.5. The van der Waals surface area contributed by atoms with E-state index in [9.17, 15) is 19.5 Å². The number of carbonyl (C=O) groups is 3. The van der Waals surface area contributed by atoms with Crippen molar-refractivity contribution in [2.24, 2.45) is 11.8 Å². The maximum Gasteiger partial charge on any atom is 0.305 e. The average Bonchev–Trinajstić information content (AvgIpc) is 2.90. The predicted molar refractivity (Wildman–Crippen MR) is 91.7 cm³/mol. The molecule has 26 heavy (non-hydrogen) atoms. The Bertz CT molecular complexity index is 745. The number of aliphatic carboxylic acids is 1. The largest absolute Gasteiger partial charge is 0.493 e. The summed E-state index contributed by atoms with van der Waals surface area (Å²) in [5, 5.41) is 9.35. The quantitative estimate of drug-likeness (QED) is 0.618. The molecular weight excluding hydrogens is 338 g/mol. The number of carbonyl (C=O) groups excluding carboxylic acids is 2. The van der Waals surface area contributed by atoms with Gasteiger partial charge in [-0.3, -0.25) is 19.3 Å². The summed E-state index contributed by atoms with van der Waals surface area (Å²) in [6, 6.07) is 4.05. The van der Waals surface area contributed by atoms with Crippen LogP contribution in [0.1, 0.15) is 30.9 Å². The third-order valence-corrected chi connectivity index (χ3v) is 5.01. The fourth-order valence-corrected chi connectivity index (χ4v) is 3.72. The lowest BCUT2D eigenvalue weighted by molar-refractivity contribution is -0.145. The number of benzene rings is 1. The van der Waals surface area contributed by atoms with E-state index < -0.39 is 23.8 Å². The topological polar surface area (TPSA) is 93.1 Å². The lowest BCUT2D eigenvalue weighted by Crippen LogP contribution is -2.36. The highest BCUT2D eigenvalue weighted by molar-refractivity contribution is 6.06. The molecule has 2 aliphatic rings. The molecule has 0 radical (unpaired) electrons. The first kappa shape index (κ1) is 18.0. The van der Waals surface area contributed by atoms with Crippen molar-refractivity contribution >= 4 is 17.8 Å². The van der Waals surface area contributed by atoms with E-state index in [0.29, 0.717) is 29.9 Å². The van der Waals surface area contributed by atoms with Crippen LogP contribution in [0, 0.1) is 11.8 Å². The Balaban J connectivity index is 2.00. The van der Waals surface area contributed by atoms with Crippen molar-refractivity contribution < 1.29 is 29.0 Å². The Hall–Kier alpha value is -2.83. The van der Waals surface area contributed by atoms with E-state index in [1.165, 1.54) is 14.2 Å². The van der Waals surface area contributed by atoms with Crippen molar-refractivity contribution in [3.05, 3.63) is 35.9 Å². The number of ether oxygens (including phenoxy) is 2. The van der Waals surface area contributed by atoms with Crippen LogP contribution < -0.4 is 9.47 Å². The number of carboxylic acids is 1. The number of nitrogens with zero attached hydrogens (tertiary/aromatic N) is 1. The van der Waals surface area contributed by atoms with Gasteiger partial charge in [-0.05, 0) is 30.5 Å². The van der Waals surface area contributed by atoms with Crippen molar-refractivity contribution in [2.45, 2.75) is 25.3 Å². The summed E-state index contributed by atoms with van der Waals surface area (Å²) in [6.45, 7) is 0. The molecule has 0 saturated carbocycles. The molecule has 2 amide bonds. The first-order chi connectivity index (χ1) is 12.5. The number of carboxylic acid groups (broad SMARTS) is 1. The molecular formula is C19H21NO6. The van der Waals surface area contributed by atoms with Crippen LogP contribution in [0.15, 0.2) is 30.4 Å². The highest BCUT2D eigenvalue weighted by Gasteiger charge is 2.50. The van der Waals surface area contributed by atoms with E-state index in [2.05, 4.69) is 0 Å². The summed E-state index contributed by atoms with van der Waals surface area (Å²) in [6.07, 6.45) is 4.46. The third kappa shape index (κ3) is 3.05.